The fourth-order valence-electron chi connectivity index (χ4n) is 3.36. The molecule has 0 bridgehead atoms. The van der Waals surface area contributed by atoms with Crippen LogP contribution in [0.3, 0.4) is 0 Å². The number of carbonyl (C=O) groups is 1. The van der Waals surface area contributed by atoms with Crippen LogP contribution in [0.15, 0.2) is 24.3 Å². The van der Waals surface area contributed by atoms with Crippen molar-refractivity contribution in [3.05, 3.63) is 35.4 Å². The summed E-state index contributed by atoms with van der Waals surface area (Å²) >= 11 is 0. The maximum absolute atomic E-state index is 11.2. The molecular weight excluding hydrogens is 264 g/mol. The first-order chi connectivity index (χ1) is 10.2. The molecule has 4 nitrogen and oxygen atoms in total. The molecule has 0 radical (unpaired) electrons. The second-order valence-corrected chi connectivity index (χ2v) is 6.20. The second kappa shape index (κ2) is 7.57. The van der Waals surface area contributed by atoms with E-state index in [4.69, 9.17) is 5.73 Å². The van der Waals surface area contributed by atoms with E-state index in [1.165, 1.54) is 32.1 Å². The fraction of sp³-hybridized carbons (Fsp3) is 0.588. The highest BCUT2D eigenvalue weighted by molar-refractivity contribution is 5.92. The van der Waals surface area contributed by atoms with E-state index >= 15 is 0 Å². The number of aliphatic hydroxyl groups excluding tert-OH is 1. The van der Waals surface area contributed by atoms with Crippen molar-refractivity contribution >= 4 is 5.91 Å². The Hall–Kier alpha value is -1.39. The number of benzene rings is 1. The van der Waals surface area contributed by atoms with Gasteiger partial charge in [-0.1, -0.05) is 31.4 Å². The third kappa shape index (κ3) is 4.55. The quantitative estimate of drug-likeness (QED) is 0.720. The van der Waals surface area contributed by atoms with Crippen LogP contribution in [0.25, 0.3) is 0 Å². The number of hydrogen-bond donors (Lipinski definition) is 3. The third-order valence-corrected chi connectivity index (χ3v) is 4.60. The highest BCUT2D eigenvalue weighted by Gasteiger charge is 2.30. The van der Waals surface area contributed by atoms with Gasteiger partial charge in [0.2, 0.25) is 5.91 Å². The van der Waals surface area contributed by atoms with Gasteiger partial charge < -0.3 is 16.2 Å². The van der Waals surface area contributed by atoms with Crippen molar-refractivity contribution < 1.29 is 9.90 Å². The van der Waals surface area contributed by atoms with E-state index in [0.717, 1.165) is 25.1 Å². The van der Waals surface area contributed by atoms with Crippen molar-refractivity contribution in [2.45, 2.75) is 45.1 Å². The lowest BCUT2D eigenvalue weighted by Crippen LogP contribution is -2.36. The zero-order valence-corrected chi connectivity index (χ0v) is 12.6. The maximum atomic E-state index is 11.2. The van der Waals surface area contributed by atoms with Crippen molar-refractivity contribution in [3.8, 4) is 0 Å². The molecule has 0 spiro atoms. The first-order valence-electron chi connectivity index (χ1n) is 7.86. The summed E-state index contributed by atoms with van der Waals surface area (Å²) in [7, 11) is 0. The van der Waals surface area contributed by atoms with Crippen molar-refractivity contribution in [2.24, 2.45) is 11.1 Å². The van der Waals surface area contributed by atoms with Gasteiger partial charge in [-0.2, -0.15) is 0 Å². The minimum absolute atomic E-state index is 0.244. The van der Waals surface area contributed by atoms with Gasteiger partial charge in [-0.05, 0) is 42.4 Å². The molecule has 1 fully saturated rings. The van der Waals surface area contributed by atoms with Crippen molar-refractivity contribution in [2.75, 3.05) is 13.2 Å². The lowest BCUT2D eigenvalue weighted by atomic mass is 9.72. The van der Waals surface area contributed by atoms with Gasteiger partial charge in [0.15, 0.2) is 0 Å². The zero-order valence-electron chi connectivity index (χ0n) is 12.6. The van der Waals surface area contributed by atoms with Gasteiger partial charge in [-0.3, -0.25) is 4.79 Å². The van der Waals surface area contributed by atoms with E-state index in [0.29, 0.717) is 5.56 Å². The van der Waals surface area contributed by atoms with Gasteiger partial charge in [-0.15, -0.1) is 0 Å². The second-order valence-electron chi connectivity index (χ2n) is 6.20. The van der Waals surface area contributed by atoms with Crippen LogP contribution in [0.5, 0.6) is 0 Å². The van der Waals surface area contributed by atoms with Gasteiger partial charge in [0.05, 0.1) is 0 Å². The molecule has 1 aliphatic rings. The Bertz CT molecular complexity index is 462. The van der Waals surface area contributed by atoms with Gasteiger partial charge in [0, 0.05) is 25.3 Å². The molecule has 0 atom stereocenters. The molecule has 4 N–H and O–H groups in total. The topological polar surface area (TPSA) is 75.4 Å². The largest absolute Gasteiger partial charge is 0.396 e. The predicted molar refractivity (Wildman–Crippen MR) is 83.9 cm³/mol. The number of aliphatic hydroxyl groups is 1. The lowest BCUT2D eigenvalue weighted by molar-refractivity contribution is 0.1000. The number of primary amides is 1. The lowest BCUT2D eigenvalue weighted by Gasteiger charge is -2.37. The van der Waals surface area contributed by atoms with Gasteiger partial charge >= 0.3 is 0 Å². The van der Waals surface area contributed by atoms with Crippen LogP contribution in [-0.4, -0.2) is 24.2 Å². The Balaban J connectivity index is 1.90. The number of carbonyl (C=O) groups excluding carboxylic acids is 1. The fourth-order valence-corrected chi connectivity index (χ4v) is 3.36. The average Bonchev–Trinajstić information content (AvgIpc) is 2.49. The molecule has 0 aromatic heterocycles. The van der Waals surface area contributed by atoms with Crippen molar-refractivity contribution in [1.82, 2.24) is 5.32 Å². The molecule has 4 heteroatoms. The number of nitrogens with one attached hydrogen (secondary N) is 1. The Labute approximate surface area is 126 Å². The number of amides is 1. The first kappa shape index (κ1) is 16.0. The van der Waals surface area contributed by atoms with Crippen LogP contribution in [0.4, 0.5) is 0 Å². The Morgan fingerprint density at radius 2 is 2.05 bits per heavy atom. The van der Waals surface area contributed by atoms with Crippen molar-refractivity contribution in [1.29, 1.82) is 0 Å². The summed E-state index contributed by atoms with van der Waals surface area (Å²) in [5.41, 5.74) is 7.17. The highest BCUT2D eigenvalue weighted by atomic mass is 16.3. The molecular formula is C17H26N2O2. The Morgan fingerprint density at radius 3 is 2.71 bits per heavy atom. The SMILES string of the molecule is NC(=O)c1cccc(CNCC2(CCO)CCCCC2)c1. The summed E-state index contributed by atoms with van der Waals surface area (Å²) < 4.78 is 0. The molecule has 2 rings (SSSR count). The summed E-state index contributed by atoms with van der Waals surface area (Å²) in [5, 5.41) is 12.8. The van der Waals surface area contributed by atoms with E-state index in [1.54, 1.807) is 6.07 Å². The maximum Gasteiger partial charge on any atom is 0.248 e. The van der Waals surface area contributed by atoms with Crippen LogP contribution in [0, 0.1) is 5.41 Å². The van der Waals surface area contributed by atoms with E-state index < -0.39 is 0 Å². The van der Waals surface area contributed by atoms with E-state index in [9.17, 15) is 9.90 Å². The van der Waals surface area contributed by atoms with Gasteiger partial charge in [0.1, 0.15) is 0 Å². The molecule has 116 valence electrons. The van der Waals surface area contributed by atoms with Crippen LogP contribution in [0.2, 0.25) is 0 Å². The Morgan fingerprint density at radius 1 is 1.29 bits per heavy atom. The van der Waals surface area contributed by atoms with E-state index in [2.05, 4.69) is 5.32 Å². The molecule has 0 heterocycles. The zero-order chi connectivity index (χ0) is 15.1. The first-order valence-corrected chi connectivity index (χ1v) is 7.86. The number of rotatable bonds is 7. The Kier molecular flexibility index (Phi) is 5.76. The smallest absolute Gasteiger partial charge is 0.248 e. The van der Waals surface area contributed by atoms with E-state index in [-0.39, 0.29) is 17.9 Å². The van der Waals surface area contributed by atoms with Crippen molar-refractivity contribution in [3.63, 3.8) is 0 Å². The normalized spacial score (nSPS) is 17.6. The third-order valence-electron chi connectivity index (χ3n) is 4.60. The molecule has 1 amide bonds. The standard InChI is InChI=1S/C17H26N2O2/c18-16(21)15-6-4-5-14(11-15)12-19-13-17(9-10-20)7-2-1-3-8-17/h4-6,11,19-20H,1-3,7-10,12-13H2,(H2,18,21). The molecule has 1 saturated carbocycles. The molecule has 1 aromatic rings. The van der Waals surface area contributed by atoms with Gasteiger partial charge in [0.25, 0.3) is 0 Å². The monoisotopic (exact) mass is 290 g/mol. The molecule has 21 heavy (non-hydrogen) atoms. The molecule has 0 unspecified atom stereocenters. The predicted octanol–water partition coefficient (Wildman–Crippen LogP) is 2.21. The summed E-state index contributed by atoms with van der Waals surface area (Å²) in [5.74, 6) is -0.388. The minimum Gasteiger partial charge on any atom is -0.396 e. The molecule has 1 aliphatic carbocycles. The van der Waals surface area contributed by atoms with Crippen LogP contribution < -0.4 is 11.1 Å². The van der Waals surface area contributed by atoms with Crippen LogP contribution >= 0.6 is 0 Å². The minimum atomic E-state index is -0.388. The highest BCUT2D eigenvalue weighted by Crippen LogP contribution is 2.38. The van der Waals surface area contributed by atoms with E-state index in [1.807, 2.05) is 18.2 Å². The molecule has 0 saturated heterocycles. The van der Waals surface area contributed by atoms with Gasteiger partial charge in [-0.25, -0.2) is 0 Å². The molecule has 1 aromatic carbocycles. The van der Waals surface area contributed by atoms with Crippen LogP contribution in [0.1, 0.15) is 54.4 Å². The summed E-state index contributed by atoms with van der Waals surface area (Å²) in [6.07, 6.45) is 7.11. The summed E-state index contributed by atoms with van der Waals surface area (Å²) in [6.45, 7) is 1.92. The summed E-state index contributed by atoms with van der Waals surface area (Å²) in [4.78, 5) is 11.2. The number of hydrogen-bond acceptors (Lipinski definition) is 3. The van der Waals surface area contributed by atoms with Crippen LogP contribution in [-0.2, 0) is 6.54 Å². The summed E-state index contributed by atoms with van der Waals surface area (Å²) in [6, 6.07) is 7.44. The average molecular weight is 290 g/mol. The number of nitrogens with two attached hydrogens (primary N) is 1. The molecule has 0 aliphatic heterocycles.